The van der Waals surface area contributed by atoms with Crippen LogP contribution in [-0.2, 0) is 6.42 Å². The quantitative estimate of drug-likeness (QED) is 0.391. The molecule has 2 heterocycles. The van der Waals surface area contributed by atoms with E-state index in [4.69, 9.17) is 25.8 Å². The van der Waals surface area contributed by atoms with Gasteiger partial charge in [0.15, 0.2) is 11.5 Å². The average Bonchev–Trinajstić information content (AvgIpc) is 3.29. The zero-order valence-electron chi connectivity index (χ0n) is 19.8. The highest BCUT2D eigenvalue weighted by atomic mass is 35.5. The summed E-state index contributed by atoms with van der Waals surface area (Å²) in [5.74, 6) is 1.86. The van der Waals surface area contributed by atoms with Crippen molar-refractivity contribution in [3.63, 3.8) is 0 Å². The molecule has 0 unspecified atom stereocenters. The van der Waals surface area contributed by atoms with Crippen LogP contribution in [0, 0.1) is 6.92 Å². The van der Waals surface area contributed by atoms with E-state index in [9.17, 15) is 4.79 Å². The lowest BCUT2D eigenvalue weighted by atomic mass is 10.1. The van der Waals surface area contributed by atoms with Gasteiger partial charge in [0.05, 0.1) is 19.9 Å². The van der Waals surface area contributed by atoms with Gasteiger partial charge in [0.25, 0.3) is 0 Å². The third-order valence-electron chi connectivity index (χ3n) is 5.58. The maximum Gasteiger partial charge on any atom is 0.325 e. The predicted molar refractivity (Wildman–Crippen MR) is 138 cm³/mol. The number of nitrogens with zero attached hydrogens (tertiary/aromatic N) is 2. The molecule has 1 saturated heterocycles. The van der Waals surface area contributed by atoms with Crippen molar-refractivity contribution in [3.05, 3.63) is 51.5 Å². The number of nitrogens with one attached hydrogen (secondary N) is 3. The van der Waals surface area contributed by atoms with Crippen LogP contribution in [0.15, 0.2) is 30.3 Å². The highest BCUT2D eigenvalue weighted by Crippen LogP contribution is 2.33. The number of piperidine rings is 1. The Morgan fingerprint density at radius 2 is 1.86 bits per heavy atom. The van der Waals surface area contributed by atoms with Crippen molar-refractivity contribution in [2.75, 3.05) is 37.9 Å². The molecule has 0 radical (unpaired) electrons. The van der Waals surface area contributed by atoms with Gasteiger partial charge >= 0.3 is 6.03 Å². The highest BCUT2D eigenvalue weighted by molar-refractivity contribution is 7.15. The first-order valence-corrected chi connectivity index (χ1v) is 12.4. The number of aromatic nitrogens is 2. The van der Waals surface area contributed by atoms with Crippen LogP contribution in [-0.4, -0.2) is 49.6 Å². The van der Waals surface area contributed by atoms with Crippen molar-refractivity contribution in [1.82, 2.24) is 15.5 Å². The number of anilines is 2. The van der Waals surface area contributed by atoms with Crippen LogP contribution >= 0.6 is 22.9 Å². The first-order chi connectivity index (χ1) is 16.9. The molecule has 0 bridgehead atoms. The van der Waals surface area contributed by atoms with Crippen LogP contribution in [0.25, 0.3) is 0 Å². The second-order valence-corrected chi connectivity index (χ2v) is 9.58. The van der Waals surface area contributed by atoms with Crippen LogP contribution in [0.3, 0.4) is 0 Å². The van der Waals surface area contributed by atoms with E-state index in [1.54, 1.807) is 26.4 Å². The lowest BCUT2D eigenvalue weighted by Crippen LogP contribution is -2.34. The molecule has 1 fully saturated rings. The number of methoxy groups -OCH3 is 2. The number of carbonyl (C=O) groups excluding carboxylic acids is 1. The molecule has 3 N–H and O–H groups in total. The summed E-state index contributed by atoms with van der Waals surface area (Å²) in [5, 5.41) is 19.0. The van der Waals surface area contributed by atoms with E-state index in [0.29, 0.717) is 39.5 Å². The summed E-state index contributed by atoms with van der Waals surface area (Å²) in [6.45, 7) is 3.68. The van der Waals surface area contributed by atoms with E-state index < -0.39 is 6.03 Å². The summed E-state index contributed by atoms with van der Waals surface area (Å²) in [6, 6.07) is 8.80. The van der Waals surface area contributed by atoms with Crippen molar-refractivity contribution in [3.8, 4) is 17.2 Å². The number of carbonyl (C=O) groups is 1. The zero-order valence-corrected chi connectivity index (χ0v) is 21.4. The molecule has 1 aromatic heterocycles. The molecular formula is C24H28ClN5O4S. The number of amides is 2. The molecule has 9 nitrogen and oxygen atoms in total. The third kappa shape index (κ3) is 6.53. The summed E-state index contributed by atoms with van der Waals surface area (Å²) in [7, 11) is 3.19. The molecule has 0 atom stereocenters. The summed E-state index contributed by atoms with van der Waals surface area (Å²) in [4.78, 5) is 12.7. The molecule has 1 aliphatic rings. The van der Waals surface area contributed by atoms with Crippen LogP contribution in [0.5, 0.6) is 17.2 Å². The van der Waals surface area contributed by atoms with Gasteiger partial charge in [-0.3, -0.25) is 5.32 Å². The second-order valence-electron chi connectivity index (χ2n) is 8.11. The Bertz CT molecular complexity index is 1180. The molecular weight excluding hydrogens is 490 g/mol. The number of hydrogen-bond donors (Lipinski definition) is 3. The summed E-state index contributed by atoms with van der Waals surface area (Å²) >= 11 is 7.63. The first kappa shape index (κ1) is 25.0. The minimum atomic E-state index is -0.435. The van der Waals surface area contributed by atoms with Crippen molar-refractivity contribution >= 4 is 39.8 Å². The molecule has 0 spiro atoms. The lowest BCUT2D eigenvalue weighted by Gasteiger charge is -2.25. The first-order valence-electron chi connectivity index (χ1n) is 11.2. The van der Waals surface area contributed by atoms with Gasteiger partial charge in [0, 0.05) is 17.5 Å². The lowest BCUT2D eigenvalue weighted by molar-refractivity contribution is 0.163. The van der Waals surface area contributed by atoms with Crippen LogP contribution in [0.2, 0.25) is 5.02 Å². The fourth-order valence-electron chi connectivity index (χ4n) is 3.74. The smallest absolute Gasteiger partial charge is 0.325 e. The standard InChI is InChI=1S/C24H28ClN5O4S/c1-14-10-18(20(13-17(14)25)34-16-6-8-26-9-7-16)27-23(31)28-24-30-29-22(35-24)12-15-4-5-19(32-2)21(11-15)33-3/h4-5,10-11,13,16,26H,6-9,12H2,1-3H3,(H2,27,28,30,31). The Balaban J connectivity index is 1.41. The Morgan fingerprint density at radius 1 is 1.09 bits per heavy atom. The molecule has 2 aromatic carbocycles. The maximum atomic E-state index is 12.7. The molecule has 0 aliphatic carbocycles. The average molecular weight is 518 g/mol. The minimum Gasteiger partial charge on any atom is -0.493 e. The summed E-state index contributed by atoms with van der Waals surface area (Å²) in [6.07, 6.45) is 2.41. The maximum absolute atomic E-state index is 12.7. The number of aryl methyl sites for hydroxylation is 1. The number of hydrogen-bond acceptors (Lipinski definition) is 8. The number of urea groups is 1. The van der Waals surface area contributed by atoms with Crippen LogP contribution in [0.1, 0.15) is 29.0 Å². The number of halogens is 1. The largest absolute Gasteiger partial charge is 0.493 e. The predicted octanol–water partition coefficient (Wildman–Crippen LogP) is 4.88. The van der Waals surface area contributed by atoms with E-state index in [1.165, 1.54) is 11.3 Å². The number of rotatable bonds is 8. The number of ether oxygens (including phenoxy) is 3. The summed E-state index contributed by atoms with van der Waals surface area (Å²) < 4.78 is 16.8. The molecule has 4 rings (SSSR count). The van der Waals surface area contributed by atoms with Crippen molar-refractivity contribution in [2.45, 2.75) is 32.3 Å². The topological polar surface area (TPSA) is 107 Å². The minimum absolute atomic E-state index is 0.0703. The van der Waals surface area contributed by atoms with Gasteiger partial charge in [-0.25, -0.2) is 4.79 Å². The molecule has 11 heteroatoms. The van der Waals surface area contributed by atoms with Crippen molar-refractivity contribution in [2.24, 2.45) is 0 Å². The SMILES string of the molecule is COc1ccc(Cc2nnc(NC(=O)Nc3cc(C)c(Cl)cc3OC3CCNCC3)s2)cc1OC. The molecule has 1 aliphatic heterocycles. The van der Waals surface area contributed by atoms with E-state index in [-0.39, 0.29) is 6.10 Å². The molecule has 2 amide bonds. The van der Waals surface area contributed by atoms with Gasteiger partial charge in [-0.2, -0.15) is 0 Å². The van der Waals surface area contributed by atoms with Gasteiger partial charge in [-0.15, -0.1) is 10.2 Å². The van der Waals surface area contributed by atoms with E-state index in [2.05, 4.69) is 26.1 Å². The molecule has 0 saturated carbocycles. The van der Waals surface area contributed by atoms with Crippen LogP contribution in [0.4, 0.5) is 15.6 Å². The Labute approximate surface area is 213 Å². The van der Waals surface area contributed by atoms with Crippen molar-refractivity contribution < 1.29 is 19.0 Å². The molecule has 186 valence electrons. The fourth-order valence-corrected chi connectivity index (χ4v) is 4.67. The molecule has 35 heavy (non-hydrogen) atoms. The van der Waals surface area contributed by atoms with Gasteiger partial charge in [0.1, 0.15) is 16.9 Å². The Kier molecular flexibility index (Phi) is 8.27. The fraction of sp³-hybridized carbons (Fsp3) is 0.375. The van der Waals surface area contributed by atoms with E-state index >= 15 is 0 Å². The highest BCUT2D eigenvalue weighted by Gasteiger charge is 2.19. The van der Waals surface area contributed by atoms with E-state index in [1.807, 2.05) is 25.1 Å². The Morgan fingerprint density at radius 3 is 2.60 bits per heavy atom. The Hall–Kier alpha value is -3.08. The van der Waals surface area contributed by atoms with Gasteiger partial charge in [-0.05, 0) is 62.2 Å². The van der Waals surface area contributed by atoms with Crippen molar-refractivity contribution in [1.29, 1.82) is 0 Å². The van der Waals surface area contributed by atoms with Gasteiger partial charge < -0.3 is 24.8 Å². The second kappa shape index (κ2) is 11.6. The van der Waals surface area contributed by atoms with Gasteiger partial charge in [-0.1, -0.05) is 29.0 Å². The summed E-state index contributed by atoms with van der Waals surface area (Å²) in [5.41, 5.74) is 2.39. The zero-order chi connectivity index (χ0) is 24.8. The van der Waals surface area contributed by atoms with Gasteiger partial charge in [0.2, 0.25) is 5.13 Å². The monoisotopic (exact) mass is 517 g/mol. The van der Waals surface area contributed by atoms with Crippen LogP contribution < -0.4 is 30.2 Å². The normalized spacial score (nSPS) is 13.8. The molecule has 3 aromatic rings. The van der Waals surface area contributed by atoms with E-state index in [0.717, 1.165) is 42.1 Å². The number of benzene rings is 2. The third-order valence-corrected chi connectivity index (χ3v) is 6.83.